The summed E-state index contributed by atoms with van der Waals surface area (Å²) in [6, 6.07) is 14.7. The van der Waals surface area contributed by atoms with Crippen molar-refractivity contribution in [3.8, 4) is 0 Å². The number of hydrogen-bond acceptors (Lipinski definition) is 2. The highest BCUT2D eigenvalue weighted by Crippen LogP contribution is 2.37. The summed E-state index contributed by atoms with van der Waals surface area (Å²) in [4.78, 5) is 26.4. The van der Waals surface area contributed by atoms with Gasteiger partial charge in [-0.15, -0.1) is 0 Å². The zero-order valence-electron chi connectivity index (χ0n) is 11.3. The number of carbonyl (C=O) groups excluding carboxylic acids is 2. The third-order valence-corrected chi connectivity index (χ3v) is 4.27. The number of carbonyl (C=O) groups is 2. The summed E-state index contributed by atoms with van der Waals surface area (Å²) >= 11 is 3.38. The molecule has 0 fully saturated rings. The molecule has 1 atom stereocenters. The van der Waals surface area contributed by atoms with Crippen LogP contribution in [0.25, 0.3) is 0 Å². The third-order valence-electron chi connectivity index (χ3n) is 3.58. The van der Waals surface area contributed by atoms with Gasteiger partial charge in [-0.25, -0.2) is 0 Å². The Bertz CT molecular complexity index is 730. The van der Waals surface area contributed by atoms with E-state index in [2.05, 4.69) is 21.2 Å². The van der Waals surface area contributed by atoms with Crippen LogP contribution < -0.4 is 10.2 Å². The Morgan fingerprint density at radius 2 is 1.81 bits per heavy atom. The molecule has 1 heterocycles. The molecule has 2 aromatic rings. The van der Waals surface area contributed by atoms with E-state index in [1.54, 1.807) is 13.1 Å². The second-order valence-electron chi connectivity index (χ2n) is 4.86. The molecule has 0 aromatic heterocycles. The smallest absolute Gasteiger partial charge is 0.243 e. The van der Waals surface area contributed by atoms with Crippen molar-refractivity contribution in [1.82, 2.24) is 0 Å². The fourth-order valence-electron chi connectivity index (χ4n) is 2.50. The molecule has 4 nitrogen and oxygen atoms in total. The lowest BCUT2D eigenvalue weighted by Gasteiger charge is -2.12. The quantitative estimate of drug-likeness (QED) is 0.850. The van der Waals surface area contributed by atoms with E-state index in [-0.39, 0.29) is 11.8 Å². The molecule has 21 heavy (non-hydrogen) atoms. The second kappa shape index (κ2) is 5.33. The van der Waals surface area contributed by atoms with Crippen molar-refractivity contribution in [2.45, 2.75) is 5.92 Å². The summed E-state index contributed by atoms with van der Waals surface area (Å²) in [5.74, 6) is -1.32. The number of fused-ring (bicyclic) bond motifs is 1. The Morgan fingerprint density at radius 1 is 1.14 bits per heavy atom. The van der Waals surface area contributed by atoms with Crippen molar-refractivity contribution in [2.24, 2.45) is 0 Å². The molecule has 0 spiro atoms. The van der Waals surface area contributed by atoms with Gasteiger partial charge in [0.15, 0.2) is 0 Å². The summed E-state index contributed by atoms with van der Waals surface area (Å²) in [6.45, 7) is 0. The van der Waals surface area contributed by atoms with Gasteiger partial charge in [0.1, 0.15) is 5.92 Å². The SMILES string of the molecule is CN1C(=O)C(C(=O)Nc2ccccc2Br)c2ccccc21. The fourth-order valence-corrected chi connectivity index (χ4v) is 2.89. The lowest BCUT2D eigenvalue weighted by atomic mass is 10.00. The van der Waals surface area contributed by atoms with Gasteiger partial charge in [-0.1, -0.05) is 30.3 Å². The second-order valence-corrected chi connectivity index (χ2v) is 5.71. The van der Waals surface area contributed by atoms with Gasteiger partial charge in [0.05, 0.1) is 5.69 Å². The van der Waals surface area contributed by atoms with Crippen LogP contribution in [0.2, 0.25) is 0 Å². The Morgan fingerprint density at radius 3 is 2.57 bits per heavy atom. The maximum Gasteiger partial charge on any atom is 0.243 e. The number of hydrogen-bond donors (Lipinski definition) is 1. The molecular formula is C16H13BrN2O2. The largest absolute Gasteiger partial charge is 0.324 e. The number of nitrogens with zero attached hydrogens (tertiary/aromatic N) is 1. The van der Waals surface area contributed by atoms with Gasteiger partial charge in [0.2, 0.25) is 11.8 Å². The zero-order chi connectivity index (χ0) is 15.0. The summed E-state index contributed by atoms with van der Waals surface area (Å²) in [5.41, 5.74) is 2.19. The monoisotopic (exact) mass is 344 g/mol. The Balaban J connectivity index is 1.92. The lowest BCUT2D eigenvalue weighted by molar-refractivity contribution is -0.126. The first kappa shape index (κ1) is 13.8. The van der Waals surface area contributed by atoms with Gasteiger partial charge in [-0.05, 0) is 39.7 Å². The van der Waals surface area contributed by atoms with Crippen LogP contribution in [-0.4, -0.2) is 18.9 Å². The molecule has 106 valence electrons. The van der Waals surface area contributed by atoms with Crippen LogP contribution in [0, 0.1) is 0 Å². The van der Waals surface area contributed by atoms with Crippen LogP contribution in [0.3, 0.4) is 0 Å². The molecule has 2 amide bonds. The van der Waals surface area contributed by atoms with Gasteiger partial charge < -0.3 is 10.2 Å². The molecule has 1 N–H and O–H groups in total. The first-order valence-electron chi connectivity index (χ1n) is 6.51. The molecule has 1 unspecified atom stereocenters. The number of halogens is 1. The van der Waals surface area contributed by atoms with Crippen molar-refractivity contribution in [1.29, 1.82) is 0 Å². The Hall–Kier alpha value is -2.14. The number of rotatable bonds is 2. The molecule has 0 radical (unpaired) electrons. The highest BCUT2D eigenvalue weighted by molar-refractivity contribution is 9.10. The summed E-state index contributed by atoms with van der Waals surface area (Å²) in [7, 11) is 1.69. The average Bonchev–Trinajstić information content (AvgIpc) is 2.74. The molecular weight excluding hydrogens is 332 g/mol. The maximum absolute atomic E-state index is 12.5. The van der Waals surface area contributed by atoms with Crippen molar-refractivity contribution in [3.05, 3.63) is 58.6 Å². The predicted molar refractivity (Wildman–Crippen MR) is 85.4 cm³/mol. The Labute approximate surface area is 130 Å². The molecule has 0 saturated carbocycles. The van der Waals surface area contributed by atoms with E-state index in [9.17, 15) is 9.59 Å². The molecule has 3 rings (SSSR count). The number of benzene rings is 2. The third kappa shape index (κ3) is 2.34. The minimum absolute atomic E-state index is 0.208. The molecule has 0 aliphatic carbocycles. The molecule has 0 saturated heterocycles. The minimum Gasteiger partial charge on any atom is -0.324 e. The van der Waals surface area contributed by atoms with Crippen LogP contribution in [0.5, 0.6) is 0 Å². The van der Waals surface area contributed by atoms with Crippen molar-refractivity contribution >= 4 is 39.1 Å². The predicted octanol–water partition coefficient (Wildman–Crippen LogP) is 3.15. The van der Waals surface area contributed by atoms with Crippen molar-refractivity contribution in [2.75, 3.05) is 17.3 Å². The highest BCUT2D eigenvalue weighted by atomic mass is 79.9. The standard InChI is InChI=1S/C16H13BrN2O2/c1-19-13-9-5-2-6-10(13)14(16(19)21)15(20)18-12-8-4-3-7-11(12)17/h2-9,14H,1H3,(H,18,20). The van der Waals surface area contributed by atoms with Crippen molar-refractivity contribution in [3.63, 3.8) is 0 Å². The molecule has 0 bridgehead atoms. The van der Waals surface area contributed by atoms with Crippen LogP contribution in [-0.2, 0) is 9.59 Å². The van der Waals surface area contributed by atoms with Crippen LogP contribution >= 0.6 is 15.9 Å². The van der Waals surface area contributed by atoms with Gasteiger partial charge in [0, 0.05) is 17.2 Å². The van der Waals surface area contributed by atoms with E-state index in [0.717, 1.165) is 15.7 Å². The maximum atomic E-state index is 12.5. The number of para-hydroxylation sites is 2. The summed E-state index contributed by atoms with van der Waals surface area (Å²) in [5, 5.41) is 2.81. The van der Waals surface area contributed by atoms with Gasteiger partial charge in [-0.2, -0.15) is 0 Å². The minimum atomic E-state index is -0.793. The van der Waals surface area contributed by atoms with Crippen molar-refractivity contribution < 1.29 is 9.59 Å². The van der Waals surface area contributed by atoms with E-state index in [0.29, 0.717) is 5.69 Å². The van der Waals surface area contributed by atoms with Crippen LogP contribution in [0.1, 0.15) is 11.5 Å². The fraction of sp³-hybridized carbons (Fsp3) is 0.125. The van der Waals surface area contributed by atoms with E-state index >= 15 is 0 Å². The molecule has 1 aliphatic rings. The summed E-state index contributed by atoms with van der Waals surface area (Å²) < 4.78 is 0.783. The zero-order valence-corrected chi connectivity index (χ0v) is 12.9. The normalized spacial score (nSPS) is 16.8. The molecule has 1 aliphatic heterocycles. The number of nitrogens with one attached hydrogen (secondary N) is 1. The van der Waals surface area contributed by atoms with E-state index in [4.69, 9.17) is 0 Å². The average molecular weight is 345 g/mol. The van der Waals surface area contributed by atoms with Crippen LogP contribution in [0.4, 0.5) is 11.4 Å². The van der Waals surface area contributed by atoms with Gasteiger partial charge in [0.25, 0.3) is 0 Å². The highest BCUT2D eigenvalue weighted by Gasteiger charge is 2.39. The van der Waals surface area contributed by atoms with Gasteiger partial charge >= 0.3 is 0 Å². The number of amides is 2. The van der Waals surface area contributed by atoms with E-state index < -0.39 is 5.92 Å². The number of likely N-dealkylation sites (N-methyl/N-ethyl adjacent to an activating group) is 1. The molecule has 5 heteroatoms. The first-order chi connectivity index (χ1) is 10.1. The van der Waals surface area contributed by atoms with E-state index in [1.165, 1.54) is 4.90 Å². The first-order valence-corrected chi connectivity index (χ1v) is 7.31. The molecule has 2 aromatic carbocycles. The van der Waals surface area contributed by atoms with Crippen LogP contribution in [0.15, 0.2) is 53.0 Å². The number of anilines is 2. The topological polar surface area (TPSA) is 49.4 Å². The Kier molecular flexibility index (Phi) is 3.51. The van der Waals surface area contributed by atoms with E-state index in [1.807, 2.05) is 42.5 Å². The lowest BCUT2D eigenvalue weighted by Crippen LogP contribution is -2.31. The van der Waals surface area contributed by atoms with Gasteiger partial charge in [-0.3, -0.25) is 9.59 Å². The summed E-state index contributed by atoms with van der Waals surface area (Å²) in [6.07, 6.45) is 0.